The summed E-state index contributed by atoms with van der Waals surface area (Å²) in [7, 11) is 0. The molecule has 0 fully saturated rings. The van der Waals surface area contributed by atoms with Crippen LogP contribution in [0.5, 0.6) is 5.88 Å². The van der Waals surface area contributed by atoms with Gasteiger partial charge in [0.15, 0.2) is 5.69 Å². The van der Waals surface area contributed by atoms with E-state index in [2.05, 4.69) is 20.1 Å². The number of nitrogens with zero attached hydrogens (tertiary/aromatic N) is 6. The number of fused-ring (bicyclic) bond motifs is 2. The maximum absolute atomic E-state index is 13.2. The molecule has 224 valence electrons. The lowest BCUT2D eigenvalue weighted by atomic mass is 10.2. The van der Waals surface area contributed by atoms with Crippen LogP contribution in [0.1, 0.15) is 16.2 Å². The third kappa shape index (κ3) is 5.20. The molecule has 0 atom stereocenters. The van der Waals surface area contributed by atoms with Crippen molar-refractivity contribution in [3.63, 3.8) is 0 Å². The minimum Gasteiger partial charge on any atom is -0.493 e. The molecular weight excluding hydrogens is 576 g/mol. The fourth-order valence-electron chi connectivity index (χ4n) is 5.64. The van der Waals surface area contributed by atoms with Gasteiger partial charge in [-0.1, -0.05) is 66.7 Å². The zero-order chi connectivity index (χ0) is 31.6. The molecule has 2 aromatic heterocycles. The van der Waals surface area contributed by atoms with Gasteiger partial charge in [0.05, 0.1) is 22.1 Å². The number of aromatic hydroxyl groups is 1. The van der Waals surface area contributed by atoms with E-state index in [9.17, 15) is 14.7 Å². The monoisotopic (exact) mass is 604 g/mol. The van der Waals surface area contributed by atoms with Crippen molar-refractivity contribution < 1.29 is 9.90 Å². The Labute approximate surface area is 264 Å². The number of carbonyl (C=O) groups excluding carboxylic acids is 1. The standard InChI is InChI=1S/C37H28N6O3/c1-25-38-32-18-10-8-16-30(32)36(45)43(25)29-22-20-26(21-23-29)35(44)40-39-34-31-17-9-11-19-33(31)42(37(34)46)24-41(27-12-4-2-5-13-27)28-14-6-3-7-15-28/h2-23,46H,24H2,1H3. The molecule has 9 nitrogen and oxygen atoms in total. The molecule has 0 spiro atoms. The largest absolute Gasteiger partial charge is 0.493 e. The fourth-order valence-corrected chi connectivity index (χ4v) is 5.64. The van der Waals surface area contributed by atoms with Crippen LogP contribution >= 0.6 is 0 Å². The summed E-state index contributed by atoms with van der Waals surface area (Å²) in [5, 5.41) is 20.9. The molecule has 46 heavy (non-hydrogen) atoms. The van der Waals surface area contributed by atoms with Gasteiger partial charge in [-0.2, -0.15) is 0 Å². The van der Waals surface area contributed by atoms with E-state index >= 15 is 0 Å². The number of amides is 1. The predicted molar refractivity (Wildman–Crippen MR) is 180 cm³/mol. The number of azo groups is 1. The third-order valence-electron chi connectivity index (χ3n) is 7.89. The van der Waals surface area contributed by atoms with E-state index in [1.54, 1.807) is 54.0 Å². The van der Waals surface area contributed by atoms with Crippen LogP contribution in [0.2, 0.25) is 0 Å². The Morgan fingerprint density at radius 3 is 2.02 bits per heavy atom. The molecule has 7 rings (SSSR count). The van der Waals surface area contributed by atoms with Crippen LogP contribution in [0.4, 0.5) is 17.1 Å². The second kappa shape index (κ2) is 12.0. The van der Waals surface area contributed by atoms with Crippen molar-refractivity contribution in [1.29, 1.82) is 0 Å². The Morgan fingerprint density at radius 1 is 0.761 bits per heavy atom. The van der Waals surface area contributed by atoms with Gasteiger partial charge in [0, 0.05) is 22.3 Å². The van der Waals surface area contributed by atoms with Crippen molar-refractivity contribution in [3.8, 4) is 11.6 Å². The molecule has 0 bridgehead atoms. The van der Waals surface area contributed by atoms with Gasteiger partial charge in [-0.05, 0) is 73.7 Å². The molecule has 5 aromatic carbocycles. The zero-order valence-corrected chi connectivity index (χ0v) is 24.9. The second-order valence-electron chi connectivity index (χ2n) is 10.7. The summed E-state index contributed by atoms with van der Waals surface area (Å²) in [5.41, 5.74) is 4.15. The lowest BCUT2D eigenvalue weighted by molar-refractivity contribution is 0.0995. The minimum atomic E-state index is -0.585. The summed E-state index contributed by atoms with van der Waals surface area (Å²) >= 11 is 0. The average molecular weight is 605 g/mol. The van der Waals surface area contributed by atoms with Crippen LogP contribution in [0.3, 0.4) is 0 Å². The van der Waals surface area contributed by atoms with E-state index in [1.165, 1.54) is 4.57 Å². The molecule has 0 saturated carbocycles. The van der Waals surface area contributed by atoms with Gasteiger partial charge >= 0.3 is 0 Å². The topological polar surface area (TPSA) is 105 Å². The maximum atomic E-state index is 13.2. The number of carbonyl (C=O) groups is 1. The first kappa shape index (κ1) is 28.4. The summed E-state index contributed by atoms with van der Waals surface area (Å²) in [6.45, 7) is 2.05. The van der Waals surface area contributed by atoms with Crippen LogP contribution < -0.4 is 10.5 Å². The van der Waals surface area contributed by atoms with Crippen LogP contribution in [-0.4, -0.2) is 25.1 Å². The highest BCUT2D eigenvalue weighted by Crippen LogP contribution is 2.40. The molecule has 2 heterocycles. The van der Waals surface area contributed by atoms with Crippen molar-refractivity contribution >= 4 is 44.8 Å². The molecule has 1 N–H and O–H groups in total. The summed E-state index contributed by atoms with van der Waals surface area (Å²) < 4.78 is 3.26. The molecule has 0 aliphatic rings. The van der Waals surface area contributed by atoms with Crippen molar-refractivity contribution in [2.75, 3.05) is 4.90 Å². The highest BCUT2D eigenvalue weighted by molar-refractivity contribution is 5.97. The van der Waals surface area contributed by atoms with E-state index in [-0.39, 0.29) is 29.4 Å². The number of aromatic nitrogens is 3. The molecule has 0 aliphatic carbocycles. The molecule has 0 saturated heterocycles. The SMILES string of the molecule is Cc1nc2ccccc2c(=O)n1-c1ccc(C(=O)N=Nc2c(O)n(CN(c3ccccc3)c3ccccc3)c3ccccc23)cc1. The van der Waals surface area contributed by atoms with Crippen molar-refractivity contribution in [1.82, 2.24) is 14.1 Å². The molecule has 0 radical (unpaired) electrons. The maximum Gasteiger partial charge on any atom is 0.295 e. The first-order valence-corrected chi connectivity index (χ1v) is 14.7. The number of rotatable bonds is 7. The van der Waals surface area contributed by atoms with E-state index in [0.29, 0.717) is 27.8 Å². The van der Waals surface area contributed by atoms with E-state index < -0.39 is 5.91 Å². The Bertz CT molecular complexity index is 2250. The summed E-state index contributed by atoms with van der Waals surface area (Å²) in [6.07, 6.45) is 0. The average Bonchev–Trinajstić information content (AvgIpc) is 3.36. The smallest absolute Gasteiger partial charge is 0.295 e. The van der Waals surface area contributed by atoms with Gasteiger partial charge in [-0.3, -0.25) is 18.7 Å². The van der Waals surface area contributed by atoms with Crippen LogP contribution in [0.15, 0.2) is 148 Å². The van der Waals surface area contributed by atoms with Crippen LogP contribution in [-0.2, 0) is 6.67 Å². The molecular formula is C37H28N6O3. The first-order valence-electron chi connectivity index (χ1n) is 14.7. The van der Waals surface area contributed by atoms with Gasteiger partial charge in [0.1, 0.15) is 12.5 Å². The molecule has 1 amide bonds. The number of hydrogen-bond donors (Lipinski definition) is 1. The summed E-state index contributed by atoms with van der Waals surface area (Å²) in [4.78, 5) is 33.0. The Morgan fingerprint density at radius 2 is 1.35 bits per heavy atom. The third-order valence-corrected chi connectivity index (χ3v) is 7.89. The van der Waals surface area contributed by atoms with E-state index in [1.807, 2.05) is 91.0 Å². The first-order chi connectivity index (χ1) is 22.5. The van der Waals surface area contributed by atoms with Gasteiger partial charge in [0.2, 0.25) is 5.88 Å². The Balaban J connectivity index is 1.20. The number of para-hydroxylation sites is 4. The number of aryl methyl sites for hydroxylation is 1. The van der Waals surface area contributed by atoms with Crippen LogP contribution in [0.25, 0.3) is 27.5 Å². The second-order valence-corrected chi connectivity index (χ2v) is 10.7. The Kier molecular flexibility index (Phi) is 7.40. The number of benzene rings is 5. The van der Waals surface area contributed by atoms with Gasteiger partial charge < -0.3 is 10.0 Å². The van der Waals surface area contributed by atoms with Crippen molar-refractivity contribution in [2.24, 2.45) is 10.2 Å². The highest BCUT2D eigenvalue weighted by Gasteiger charge is 2.20. The molecule has 0 unspecified atom stereocenters. The van der Waals surface area contributed by atoms with Crippen molar-refractivity contribution in [2.45, 2.75) is 13.6 Å². The zero-order valence-electron chi connectivity index (χ0n) is 24.9. The lowest BCUT2D eigenvalue weighted by Gasteiger charge is -2.26. The fraction of sp³-hybridized carbons (Fsp3) is 0.0541. The van der Waals surface area contributed by atoms with Crippen molar-refractivity contribution in [3.05, 3.63) is 155 Å². The number of anilines is 2. The lowest BCUT2D eigenvalue weighted by Crippen LogP contribution is -2.22. The summed E-state index contributed by atoms with van der Waals surface area (Å²) in [5.74, 6) is -0.158. The predicted octanol–water partition coefficient (Wildman–Crippen LogP) is 8.07. The quantitative estimate of drug-likeness (QED) is 0.185. The molecule has 9 heteroatoms. The highest BCUT2D eigenvalue weighted by atomic mass is 16.3. The normalized spacial score (nSPS) is 11.4. The molecule has 0 aliphatic heterocycles. The Hall–Kier alpha value is -6.35. The van der Waals surface area contributed by atoms with E-state index in [0.717, 1.165) is 16.9 Å². The number of hydrogen-bond acceptors (Lipinski definition) is 6. The van der Waals surface area contributed by atoms with Crippen LogP contribution in [0, 0.1) is 6.92 Å². The van der Waals surface area contributed by atoms with Gasteiger partial charge in [-0.15, -0.1) is 10.2 Å². The van der Waals surface area contributed by atoms with Gasteiger partial charge in [-0.25, -0.2) is 4.98 Å². The summed E-state index contributed by atoms with van der Waals surface area (Å²) in [6, 6.07) is 41.0. The minimum absolute atomic E-state index is 0.108. The molecule has 7 aromatic rings. The van der Waals surface area contributed by atoms with E-state index in [4.69, 9.17) is 0 Å². The van der Waals surface area contributed by atoms with Gasteiger partial charge in [0.25, 0.3) is 11.5 Å².